The summed E-state index contributed by atoms with van der Waals surface area (Å²) < 4.78 is 13.0. The van der Waals surface area contributed by atoms with Crippen molar-refractivity contribution in [2.75, 3.05) is 20.8 Å². The number of hydroxylamine groups is 2. The lowest BCUT2D eigenvalue weighted by Crippen LogP contribution is -2.47. The second-order valence-corrected chi connectivity index (χ2v) is 19.8. The van der Waals surface area contributed by atoms with Crippen molar-refractivity contribution in [1.29, 1.82) is 0 Å². The summed E-state index contributed by atoms with van der Waals surface area (Å²) in [6.07, 6.45) is 3.99. The van der Waals surface area contributed by atoms with Gasteiger partial charge in [-0.2, -0.15) is 0 Å². The fourth-order valence-corrected chi connectivity index (χ4v) is 4.16. The first-order valence-corrected chi connectivity index (χ1v) is 15.6. The Bertz CT molecular complexity index is 505. The van der Waals surface area contributed by atoms with E-state index in [1.165, 1.54) is 18.2 Å². The standard InChI is InChI=1S/C20H43NO4Si2/c1-19(2,3)26(9,10)24-16-17(25-27(11,12)20(4,5)6)14-13-15-18(22)21(7)23-8/h13,15,17H,14,16H2,1-12H3/b15-13+/t17-/m0/s1. The van der Waals surface area contributed by atoms with Crippen LogP contribution >= 0.6 is 0 Å². The Labute approximate surface area is 169 Å². The number of hydrogen-bond donors (Lipinski definition) is 0. The largest absolute Gasteiger partial charge is 0.414 e. The zero-order valence-corrected chi connectivity index (χ0v) is 21.7. The van der Waals surface area contributed by atoms with Crippen LogP contribution in [0.3, 0.4) is 0 Å². The Morgan fingerprint density at radius 1 is 1.00 bits per heavy atom. The maximum absolute atomic E-state index is 11.9. The summed E-state index contributed by atoms with van der Waals surface area (Å²) in [7, 11) is -0.724. The van der Waals surface area contributed by atoms with Crippen LogP contribution in [0.1, 0.15) is 48.0 Å². The van der Waals surface area contributed by atoms with Crippen LogP contribution < -0.4 is 0 Å². The first kappa shape index (κ1) is 26.5. The van der Waals surface area contributed by atoms with Gasteiger partial charge in [-0.15, -0.1) is 0 Å². The maximum Gasteiger partial charge on any atom is 0.269 e. The molecule has 7 heteroatoms. The SMILES string of the molecule is CON(C)C(=O)/C=C/C[C@@H](CO[Si](C)(C)C(C)(C)C)O[Si](C)(C)C(C)(C)C. The second-order valence-electron chi connectivity index (χ2n) is 10.2. The van der Waals surface area contributed by atoms with Crippen molar-refractivity contribution in [2.45, 2.75) is 90.3 Å². The molecule has 0 saturated carbocycles. The summed E-state index contributed by atoms with van der Waals surface area (Å²) in [6, 6.07) is 0. The minimum atomic E-state index is -1.93. The molecule has 0 aromatic heterocycles. The van der Waals surface area contributed by atoms with Crippen LogP contribution in [0.15, 0.2) is 12.2 Å². The first-order chi connectivity index (χ1) is 11.9. The van der Waals surface area contributed by atoms with Gasteiger partial charge < -0.3 is 8.85 Å². The van der Waals surface area contributed by atoms with Gasteiger partial charge in [0.15, 0.2) is 16.6 Å². The molecule has 0 N–H and O–H groups in total. The Morgan fingerprint density at radius 2 is 1.48 bits per heavy atom. The molecule has 0 bridgehead atoms. The Hall–Kier alpha value is -0.476. The van der Waals surface area contributed by atoms with E-state index < -0.39 is 16.6 Å². The van der Waals surface area contributed by atoms with Gasteiger partial charge in [0, 0.05) is 13.1 Å². The molecular formula is C20H43NO4Si2. The molecule has 160 valence electrons. The highest BCUT2D eigenvalue weighted by atomic mass is 28.4. The lowest BCUT2D eigenvalue weighted by Gasteiger charge is -2.41. The molecule has 0 aliphatic rings. The summed E-state index contributed by atoms with van der Waals surface area (Å²) in [4.78, 5) is 16.8. The molecule has 0 aromatic rings. The van der Waals surface area contributed by atoms with E-state index in [1.807, 2.05) is 6.08 Å². The number of amides is 1. The summed E-state index contributed by atoms with van der Waals surface area (Å²) in [5.41, 5.74) is 0. The van der Waals surface area contributed by atoms with Crippen molar-refractivity contribution >= 4 is 22.5 Å². The highest BCUT2D eigenvalue weighted by Gasteiger charge is 2.41. The second kappa shape index (κ2) is 9.83. The molecule has 0 rings (SSSR count). The molecule has 0 aliphatic carbocycles. The number of carbonyl (C=O) groups excluding carboxylic acids is 1. The topological polar surface area (TPSA) is 48.0 Å². The van der Waals surface area contributed by atoms with Gasteiger partial charge >= 0.3 is 0 Å². The van der Waals surface area contributed by atoms with E-state index in [0.717, 1.165) is 0 Å². The molecule has 0 saturated heterocycles. The van der Waals surface area contributed by atoms with Crippen LogP contribution in [-0.4, -0.2) is 54.5 Å². The molecule has 1 atom stereocenters. The third kappa shape index (κ3) is 8.60. The number of nitrogens with zero attached hydrogens (tertiary/aromatic N) is 1. The molecule has 0 unspecified atom stereocenters. The van der Waals surface area contributed by atoms with Gasteiger partial charge in [-0.3, -0.25) is 9.63 Å². The summed E-state index contributed by atoms with van der Waals surface area (Å²) >= 11 is 0. The number of hydrogen-bond acceptors (Lipinski definition) is 4. The lowest BCUT2D eigenvalue weighted by molar-refractivity contribution is -0.162. The molecular weight excluding hydrogens is 374 g/mol. The van der Waals surface area contributed by atoms with Crippen LogP contribution in [0.5, 0.6) is 0 Å². The Morgan fingerprint density at radius 3 is 1.89 bits per heavy atom. The van der Waals surface area contributed by atoms with Crippen LogP contribution in [-0.2, 0) is 18.5 Å². The molecule has 0 spiro atoms. The van der Waals surface area contributed by atoms with Gasteiger partial charge in [0.2, 0.25) is 0 Å². The summed E-state index contributed by atoms with van der Waals surface area (Å²) in [6.45, 7) is 23.0. The van der Waals surface area contributed by atoms with Crippen LogP contribution in [0.4, 0.5) is 0 Å². The van der Waals surface area contributed by atoms with Crippen molar-refractivity contribution in [1.82, 2.24) is 5.06 Å². The van der Waals surface area contributed by atoms with Crippen molar-refractivity contribution in [3.8, 4) is 0 Å². The molecule has 0 fully saturated rings. The van der Waals surface area contributed by atoms with Gasteiger partial charge in [-0.1, -0.05) is 47.6 Å². The third-order valence-electron chi connectivity index (χ3n) is 5.95. The molecule has 5 nitrogen and oxygen atoms in total. The molecule has 1 amide bonds. The first-order valence-electron chi connectivity index (χ1n) is 9.75. The highest BCUT2D eigenvalue weighted by molar-refractivity contribution is 6.74. The smallest absolute Gasteiger partial charge is 0.269 e. The number of carbonyl (C=O) groups is 1. The minimum absolute atomic E-state index is 0.0584. The van der Waals surface area contributed by atoms with Crippen molar-refractivity contribution in [3.63, 3.8) is 0 Å². The fourth-order valence-electron chi connectivity index (χ4n) is 1.78. The van der Waals surface area contributed by atoms with E-state index in [-0.39, 0.29) is 22.1 Å². The highest BCUT2D eigenvalue weighted by Crippen LogP contribution is 2.39. The van der Waals surface area contributed by atoms with Crippen molar-refractivity contribution in [2.24, 2.45) is 0 Å². The van der Waals surface area contributed by atoms with Crippen LogP contribution in [0.25, 0.3) is 0 Å². The third-order valence-corrected chi connectivity index (χ3v) is 15.0. The van der Waals surface area contributed by atoms with E-state index in [4.69, 9.17) is 13.7 Å². The number of likely N-dealkylation sites (N-methyl/N-ethyl adjacent to an activating group) is 1. The molecule has 0 aliphatic heterocycles. The average molecular weight is 418 g/mol. The van der Waals surface area contributed by atoms with Gasteiger partial charge in [-0.05, 0) is 42.7 Å². The summed E-state index contributed by atoms with van der Waals surface area (Å²) in [5, 5.41) is 1.48. The minimum Gasteiger partial charge on any atom is -0.414 e. The van der Waals surface area contributed by atoms with Gasteiger partial charge in [0.25, 0.3) is 5.91 Å². The lowest BCUT2D eigenvalue weighted by atomic mass is 10.2. The Kier molecular flexibility index (Phi) is 9.65. The predicted molar refractivity (Wildman–Crippen MR) is 119 cm³/mol. The molecule has 0 aromatic carbocycles. The maximum atomic E-state index is 11.9. The van der Waals surface area contributed by atoms with E-state index in [9.17, 15) is 4.79 Å². The zero-order chi connectivity index (χ0) is 21.7. The monoisotopic (exact) mass is 417 g/mol. The van der Waals surface area contributed by atoms with Crippen LogP contribution in [0.2, 0.25) is 36.3 Å². The molecule has 27 heavy (non-hydrogen) atoms. The van der Waals surface area contributed by atoms with E-state index >= 15 is 0 Å². The van der Waals surface area contributed by atoms with Crippen LogP contribution in [0, 0.1) is 0 Å². The van der Waals surface area contributed by atoms with Gasteiger partial charge in [0.05, 0.1) is 19.8 Å². The zero-order valence-electron chi connectivity index (χ0n) is 19.7. The van der Waals surface area contributed by atoms with Crippen molar-refractivity contribution < 1.29 is 18.5 Å². The fraction of sp³-hybridized carbons (Fsp3) is 0.850. The quantitative estimate of drug-likeness (QED) is 0.288. The van der Waals surface area contributed by atoms with Crippen molar-refractivity contribution in [3.05, 3.63) is 12.2 Å². The van der Waals surface area contributed by atoms with E-state index in [2.05, 4.69) is 67.7 Å². The van der Waals surface area contributed by atoms with Gasteiger partial charge in [-0.25, -0.2) is 5.06 Å². The molecule has 0 radical (unpaired) electrons. The number of rotatable bonds is 9. The average Bonchev–Trinajstić information content (AvgIpc) is 2.48. The normalized spacial score (nSPS) is 15.3. The van der Waals surface area contributed by atoms with Gasteiger partial charge in [0.1, 0.15) is 0 Å². The molecule has 0 heterocycles. The Balaban J connectivity index is 5.23. The summed E-state index contributed by atoms with van der Waals surface area (Å²) in [5.74, 6) is -0.186. The van der Waals surface area contributed by atoms with E-state index in [1.54, 1.807) is 7.05 Å². The predicted octanol–water partition coefficient (Wildman–Crippen LogP) is 5.36. The van der Waals surface area contributed by atoms with E-state index in [0.29, 0.717) is 13.0 Å².